The van der Waals surface area contributed by atoms with Gasteiger partial charge in [-0.1, -0.05) is 121 Å². The van der Waals surface area contributed by atoms with Crippen molar-refractivity contribution in [3.8, 4) is 0 Å². The van der Waals surface area contributed by atoms with Gasteiger partial charge in [-0.15, -0.1) is 0 Å². The third-order valence-corrected chi connectivity index (χ3v) is 8.19. The molecule has 0 aliphatic rings. The molecule has 8 nitrogen and oxygen atoms in total. The fourth-order valence-corrected chi connectivity index (χ4v) is 5.98. The second-order valence-corrected chi connectivity index (χ2v) is 11.1. The number of hydrogen-bond acceptors (Lipinski definition) is 5. The molecule has 6 rings (SSSR count). The number of rotatable bonds is 10. The highest BCUT2D eigenvalue weighted by Gasteiger charge is 2.38. The number of fused-ring (bicyclic) bond motifs is 1. The van der Waals surface area contributed by atoms with E-state index in [0.717, 1.165) is 26.8 Å². The zero-order valence-electron chi connectivity index (χ0n) is 25.8. The van der Waals surface area contributed by atoms with Gasteiger partial charge in [-0.05, 0) is 47.4 Å². The maximum atomic E-state index is 14.4. The molecule has 0 aliphatic heterocycles. The minimum atomic E-state index is -1.08. The van der Waals surface area contributed by atoms with E-state index in [0.29, 0.717) is 0 Å². The fraction of sp³-hybridized carbons (Fsp3) is 0.128. The number of hydrogen-bond donors (Lipinski definition) is 1. The average molecular weight is 624 g/mol. The monoisotopic (exact) mass is 623 g/mol. The van der Waals surface area contributed by atoms with Crippen molar-refractivity contribution in [1.29, 1.82) is 0 Å². The molecule has 0 radical (unpaired) electrons. The molecule has 8 heteroatoms. The lowest BCUT2D eigenvalue weighted by atomic mass is 9.77. The van der Waals surface area contributed by atoms with E-state index in [2.05, 4.69) is 5.32 Å². The number of benzene rings is 5. The number of nitrogens with one attached hydrogen (secondary N) is 1. The van der Waals surface area contributed by atoms with E-state index in [1.165, 1.54) is 16.7 Å². The van der Waals surface area contributed by atoms with Gasteiger partial charge in [0.1, 0.15) is 12.1 Å². The first-order valence-corrected chi connectivity index (χ1v) is 15.4. The number of carbonyl (C=O) groups excluding carboxylic acids is 2. The largest absolute Gasteiger partial charge is 0.465 e. The Morgan fingerprint density at radius 2 is 1.19 bits per heavy atom. The summed E-state index contributed by atoms with van der Waals surface area (Å²) in [5.74, 6) is -1.07. The van der Waals surface area contributed by atoms with Crippen molar-refractivity contribution in [2.45, 2.75) is 25.6 Å². The van der Waals surface area contributed by atoms with Crippen LogP contribution in [0.5, 0.6) is 0 Å². The van der Waals surface area contributed by atoms with Crippen LogP contribution in [0.4, 0.5) is 0 Å². The van der Waals surface area contributed by atoms with Crippen molar-refractivity contribution in [3.05, 3.63) is 188 Å². The van der Waals surface area contributed by atoms with Gasteiger partial charge in [0.25, 0.3) is 11.5 Å². The molecule has 0 aliphatic carbocycles. The third-order valence-electron chi connectivity index (χ3n) is 8.19. The van der Waals surface area contributed by atoms with Gasteiger partial charge in [-0.25, -0.2) is 4.79 Å². The molecule has 0 bridgehead atoms. The number of carbonyl (C=O) groups is 2. The molecular formula is C39H33N3O5. The molecule has 1 aromatic heterocycles. The predicted molar refractivity (Wildman–Crippen MR) is 181 cm³/mol. The molecule has 234 valence electrons. The van der Waals surface area contributed by atoms with Gasteiger partial charge in [-0.3, -0.25) is 23.5 Å². The molecule has 0 fully saturated rings. The Hall–Kier alpha value is -6.02. The van der Waals surface area contributed by atoms with Crippen LogP contribution in [0.15, 0.2) is 149 Å². The smallest absolute Gasteiger partial charge is 0.332 e. The van der Waals surface area contributed by atoms with Crippen LogP contribution >= 0.6 is 0 Å². The number of nitrogens with zero attached hydrogens (tertiary/aromatic N) is 2. The van der Waals surface area contributed by atoms with Crippen molar-refractivity contribution < 1.29 is 14.3 Å². The maximum absolute atomic E-state index is 14.4. The van der Waals surface area contributed by atoms with Gasteiger partial charge in [-0.2, -0.15) is 0 Å². The van der Waals surface area contributed by atoms with Crippen molar-refractivity contribution in [2.75, 3.05) is 6.61 Å². The highest BCUT2D eigenvalue weighted by molar-refractivity contribution is 5.99. The van der Waals surface area contributed by atoms with Crippen LogP contribution in [0.3, 0.4) is 0 Å². The van der Waals surface area contributed by atoms with Crippen molar-refractivity contribution >= 4 is 22.8 Å². The average Bonchev–Trinajstić information content (AvgIpc) is 3.12. The molecule has 0 saturated carbocycles. The highest BCUT2D eigenvalue weighted by atomic mass is 16.5. The molecule has 6 aromatic rings. The second-order valence-electron chi connectivity index (χ2n) is 11.1. The minimum Gasteiger partial charge on any atom is -0.465 e. The Morgan fingerprint density at radius 1 is 0.681 bits per heavy atom. The molecule has 47 heavy (non-hydrogen) atoms. The van der Waals surface area contributed by atoms with Crippen LogP contribution in [0.1, 0.15) is 39.5 Å². The number of amides is 1. The number of aromatic nitrogens is 2. The maximum Gasteiger partial charge on any atom is 0.332 e. The minimum absolute atomic E-state index is 0.0211. The Bertz CT molecular complexity index is 2050. The molecule has 1 amide bonds. The van der Waals surface area contributed by atoms with E-state index in [9.17, 15) is 19.2 Å². The Morgan fingerprint density at radius 3 is 1.70 bits per heavy atom. The summed E-state index contributed by atoms with van der Waals surface area (Å²) >= 11 is 0. The first kappa shape index (κ1) is 31.0. The van der Waals surface area contributed by atoms with E-state index >= 15 is 0 Å². The van der Waals surface area contributed by atoms with Crippen LogP contribution in [-0.4, -0.2) is 27.6 Å². The molecule has 0 spiro atoms. The standard InChI is InChI=1S/C39H33N3O5/c1-2-47-35(43)27-41-34-25-29(23-24-33(34)37(45)42(38(41)46)26-28-15-7-3-8-16-28)36(44)40-39(30-17-9-4-10-18-30,31-19-11-5-12-20-31)32-21-13-6-14-22-32/h3-25H,2,26-27H2,1H3,(H,40,44). The Balaban J connectivity index is 1.51. The summed E-state index contributed by atoms with van der Waals surface area (Å²) in [6.45, 7) is 1.40. The zero-order valence-corrected chi connectivity index (χ0v) is 25.8. The molecule has 1 N–H and O–H groups in total. The highest BCUT2D eigenvalue weighted by Crippen LogP contribution is 2.37. The summed E-state index contributed by atoms with van der Waals surface area (Å²) < 4.78 is 7.46. The second kappa shape index (κ2) is 13.5. The van der Waals surface area contributed by atoms with Crippen LogP contribution in [0.2, 0.25) is 0 Å². The lowest BCUT2D eigenvalue weighted by Crippen LogP contribution is -2.48. The summed E-state index contributed by atoms with van der Waals surface area (Å²) in [5, 5.41) is 3.51. The SMILES string of the molecule is CCOC(=O)Cn1c(=O)n(Cc2ccccc2)c(=O)c2ccc(C(=O)NC(c3ccccc3)(c3ccccc3)c3ccccc3)cc21. The van der Waals surface area contributed by atoms with E-state index in [1.54, 1.807) is 13.0 Å². The van der Waals surface area contributed by atoms with Crippen LogP contribution < -0.4 is 16.6 Å². The van der Waals surface area contributed by atoms with Crippen LogP contribution in [0, 0.1) is 0 Å². The van der Waals surface area contributed by atoms with Crippen LogP contribution in [-0.2, 0) is 28.2 Å². The predicted octanol–water partition coefficient (Wildman–Crippen LogP) is 5.50. The van der Waals surface area contributed by atoms with E-state index in [1.807, 2.05) is 121 Å². The summed E-state index contributed by atoms with van der Waals surface area (Å²) in [6.07, 6.45) is 0. The zero-order chi connectivity index (χ0) is 32.8. The molecular weight excluding hydrogens is 590 g/mol. The molecule has 0 saturated heterocycles. The van der Waals surface area contributed by atoms with Crippen molar-refractivity contribution in [3.63, 3.8) is 0 Å². The van der Waals surface area contributed by atoms with Gasteiger partial charge in [0, 0.05) is 5.56 Å². The number of esters is 1. The fourth-order valence-electron chi connectivity index (χ4n) is 5.98. The molecule has 5 aromatic carbocycles. The molecule has 0 atom stereocenters. The molecule has 0 unspecified atom stereocenters. The topological polar surface area (TPSA) is 99.4 Å². The van der Waals surface area contributed by atoms with Crippen LogP contribution in [0.25, 0.3) is 10.9 Å². The van der Waals surface area contributed by atoms with Crippen molar-refractivity contribution in [1.82, 2.24) is 14.5 Å². The van der Waals surface area contributed by atoms with Gasteiger partial charge in [0.2, 0.25) is 0 Å². The van der Waals surface area contributed by atoms with Gasteiger partial charge >= 0.3 is 11.7 Å². The first-order chi connectivity index (χ1) is 22.9. The lowest BCUT2D eigenvalue weighted by molar-refractivity contribution is -0.143. The molecule has 1 heterocycles. The Labute approximate surface area is 271 Å². The lowest BCUT2D eigenvalue weighted by Gasteiger charge is -2.37. The van der Waals surface area contributed by atoms with Gasteiger partial charge < -0.3 is 10.1 Å². The van der Waals surface area contributed by atoms with Crippen molar-refractivity contribution in [2.24, 2.45) is 0 Å². The van der Waals surface area contributed by atoms with Gasteiger partial charge in [0.05, 0.1) is 24.1 Å². The number of ether oxygens (including phenoxy) is 1. The first-order valence-electron chi connectivity index (χ1n) is 15.4. The van der Waals surface area contributed by atoms with Gasteiger partial charge in [0.15, 0.2) is 0 Å². The third kappa shape index (κ3) is 6.13. The van der Waals surface area contributed by atoms with E-state index in [-0.39, 0.29) is 29.6 Å². The Kier molecular flexibility index (Phi) is 8.93. The summed E-state index contributed by atoms with van der Waals surface area (Å²) in [6, 6.07) is 42.8. The summed E-state index contributed by atoms with van der Waals surface area (Å²) in [7, 11) is 0. The van der Waals surface area contributed by atoms with E-state index < -0.39 is 35.2 Å². The summed E-state index contributed by atoms with van der Waals surface area (Å²) in [4.78, 5) is 54.6. The summed E-state index contributed by atoms with van der Waals surface area (Å²) in [5.41, 5.74) is 1.37. The quantitative estimate of drug-likeness (QED) is 0.161. The normalized spacial score (nSPS) is 11.3. The van der Waals surface area contributed by atoms with E-state index in [4.69, 9.17) is 4.74 Å².